The highest BCUT2D eigenvalue weighted by atomic mass is 15.2. The van der Waals surface area contributed by atoms with Crippen LogP contribution < -0.4 is 10.6 Å². The molecule has 0 saturated heterocycles. The van der Waals surface area contributed by atoms with Crippen LogP contribution >= 0.6 is 0 Å². The zero-order valence-electron chi connectivity index (χ0n) is 15.4. The largest absolute Gasteiger partial charge is 0.357 e. The zero-order chi connectivity index (χ0) is 16.9. The average molecular weight is 322 g/mol. The van der Waals surface area contributed by atoms with E-state index >= 15 is 0 Å². The number of aromatic nitrogens is 2. The molecule has 0 aliphatic carbocycles. The van der Waals surface area contributed by atoms with Crippen molar-refractivity contribution in [3.05, 3.63) is 18.2 Å². The molecule has 0 radical (unpaired) electrons. The van der Waals surface area contributed by atoms with Gasteiger partial charge in [0, 0.05) is 38.1 Å². The van der Waals surface area contributed by atoms with Crippen LogP contribution in [0.2, 0.25) is 0 Å². The van der Waals surface area contributed by atoms with Gasteiger partial charge in [-0.25, -0.2) is 4.98 Å². The van der Waals surface area contributed by atoms with Crippen LogP contribution in [0.1, 0.15) is 65.1 Å². The van der Waals surface area contributed by atoms with Crippen molar-refractivity contribution in [2.75, 3.05) is 13.1 Å². The third kappa shape index (κ3) is 8.62. The van der Waals surface area contributed by atoms with E-state index in [0.717, 1.165) is 44.3 Å². The highest BCUT2D eigenvalue weighted by molar-refractivity contribution is 5.79. The number of rotatable bonds is 11. The fourth-order valence-electron chi connectivity index (χ4n) is 2.55. The molecule has 1 rings (SSSR count). The number of hydrogen-bond donors (Lipinski definition) is 2. The van der Waals surface area contributed by atoms with E-state index in [9.17, 15) is 0 Å². The maximum Gasteiger partial charge on any atom is 0.191 e. The minimum absolute atomic E-state index is 0.480. The average Bonchev–Trinajstić information content (AvgIpc) is 2.92. The van der Waals surface area contributed by atoms with Crippen LogP contribution in [0.5, 0.6) is 0 Å². The molecule has 0 fully saturated rings. The molecular formula is C18H35N5. The van der Waals surface area contributed by atoms with Crippen LogP contribution in [0.15, 0.2) is 17.4 Å². The molecule has 1 aromatic rings. The van der Waals surface area contributed by atoms with E-state index in [2.05, 4.69) is 41.0 Å². The first-order valence-corrected chi connectivity index (χ1v) is 9.20. The van der Waals surface area contributed by atoms with E-state index < -0.39 is 0 Å². The van der Waals surface area contributed by atoms with E-state index in [-0.39, 0.29) is 0 Å². The Balaban J connectivity index is 2.26. The predicted molar refractivity (Wildman–Crippen MR) is 98.9 cm³/mol. The lowest BCUT2D eigenvalue weighted by Gasteiger charge is -2.17. The summed E-state index contributed by atoms with van der Waals surface area (Å²) in [6.45, 7) is 11.4. The van der Waals surface area contributed by atoms with Gasteiger partial charge in [0.1, 0.15) is 5.82 Å². The van der Waals surface area contributed by atoms with Gasteiger partial charge in [0.2, 0.25) is 0 Å². The molecule has 0 bridgehead atoms. The summed E-state index contributed by atoms with van der Waals surface area (Å²) in [6, 6.07) is 0.480. The molecule has 0 amide bonds. The van der Waals surface area contributed by atoms with Crippen molar-refractivity contribution in [3.63, 3.8) is 0 Å². The van der Waals surface area contributed by atoms with Crippen molar-refractivity contribution in [1.29, 1.82) is 0 Å². The molecule has 1 atom stereocenters. The maximum absolute atomic E-state index is 4.69. The smallest absolute Gasteiger partial charge is 0.191 e. The molecule has 0 aliphatic rings. The molecule has 132 valence electrons. The number of aliphatic imine (C=N–C) groups is 1. The fraction of sp³-hybridized carbons (Fsp3) is 0.778. The molecule has 2 N–H and O–H groups in total. The van der Waals surface area contributed by atoms with Gasteiger partial charge in [-0.2, -0.15) is 0 Å². The van der Waals surface area contributed by atoms with Gasteiger partial charge in [0.25, 0.3) is 0 Å². The van der Waals surface area contributed by atoms with Gasteiger partial charge < -0.3 is 15.2 Å². The molecule has 1 aromatic heterocycles. The summed E-state index contributed by atoms with van der Waals surface area (Å²) < 4.78 is 2.20. The number of nitrogens with one attached hydrogen (secondary N) is 2. The maximum atomic E-state index is 4.69. The van der Waals surface area contributed by atoms with Crippen LogP contribution in [0, 0.1) is 6.92 Å². The van der Waals surface area contributed by atoms with E-state index in [1.807, 2.05) is 19.3 Å². The van der Waals surface area contributed by atoms with E-state index in [1.165, 1.54) is 25.7 Å². The summed E-state index contributed by atoms with van der Waals surface area (Å²) in [7, 11) is 0. The van der Waals surface area contributed by atoms with Crippen molar-refractivity contribution in [2.24, 2.45) is 4.99 Å². The molecule has 5 heteroatoms. The Bertz CT molecular complexity index is 438. The fourth-order valence-corrected chi connectivity index (χ4v) is 2.55. The molecular weight excluding hydrogens is 286 g/mol. The van der Waals surface area contributed by atoms with Crippen molar-refractivity contribution < 1.29 is 0 Å². The quantitative estimate of drug-likeness (QED) is 0.373. The summed E-state index contributed by atoms with van der Waals surface area (Å²) in [5, 5.41) is 6.86. The first-order chi connectivity index (χ1) is 11.2. The Morgan fingerprint density at radius 1 is 1.26 bits per heavy atom. The second-order valence-electron chi connectivity index (χ2n) is 6.18. The minimum Gasteiger partial charge on any atom is -0.357 e. The van der Waals surface area contributed by atoms with Gasteiger partial charge >= 0.3 is 0 Å². The molecule has 1 heterocycles. The van der Waals surface area contributed by atoms with Crippen molar-refractivity contribution >= 4 is 5.96 Å². The van der Waals surface area contributed by atoms with Gasteiger partial charge in [-0.15, -0.1) is 0 Å². The molecule has 0 aromatic carbocycles. The summed E-state index contributed by atoms with van der Waals surface area (Å²) >= 11 is 0. The number of aryl methyl sites for hydroxylation is 2. The van der Waals surface area contributed by atoms with Gasteiger partial charge in [0.05, 0.1) is 0 Å². The standard InChI is InChI=1S/C18H35N5/c1-5-7-8-11-16(3)22-18(19-6-2)21-12-9-10-14-23-15-13-20-17(23)4/h13,15-16H,5-12,14H2,1-4H3,(H2,19,21,22). The minimum atomic E-state index is 0.480. The molecule has 23 heavy (non-hydrogen) atoms. The first-order valence-electron chi connectivity index (χ1n) is 9.20. The van der Waals surface area contributed by atoms with Crippen LogP contribution in [-0.2, 0) is 6.54 Å². The van der Waals surface area contributed by atoms with Crippen LogP contribution in [0.3, 0.4) is 0 Å². The summed E-state index contributed by atoms with van der Waals surface area (Å²) in [6.07, 6.45) is 11.2. The number of guanidine groups is 1. The highest BCUT2D eigenvalue weighted by Gasteiger charge is 2.04. The molecule has 0 aliphatic heterocycles. The highest BCUT2D eigenvalue weighted by Crippen LogP contribution is 2.03. The van der Waals surface area contributed by atoms with E-state index in [4.69, 9.17) is 4.99 Å². The summed E-state index contributed by atoms with van der Waals surface area (Å²) in [5.74, 6) is 2.04. The van der Waals surface area contributed by atoms with Crippen molar-refractivity contribution in [3.8, 4) is 0 Å². The molecule has 0 spiro atoms. The summed E-state index contributed by atoms with van der Waals surface area (Å²) in [5.41, 5.74) is 0. The Morgan fingerprint density at radius 2 is 2.09 bits per heavy atom. The molecule has 1 unspecified atom stereocenters. The lowest BCUT2D eigenvalue weighted by atomic mass is 10.1. The second kappa shape index (κ2) is 12.0. The third-order valence-electron chi connectivity index (χ3n) is 3.97. The number of imidazole rings is 1. The van der Waals surface area contributed by atoms with Crippen molar-refractivity contribution in [2.45, 2.75) is 78.8 Å². The Morgan fingerprint density at radius 3 is 2.74 bits per heavy atom. The monoisotopic (exact) mass is 321 g/mol. The Hall–Kier alpha value is -1.52. The predicted octanol–water partition coefficient (Wildman–Crippen LogP) is 3.50. The normalized spacial score (nSPS) is 13.1. The lowest BCUT2D eigenvalue weighted by Crippen LogP contribution is -2.42. The molecule has 5 nitrogen and oxygen atoms in total. The van der Waals surface area contributed by atoms with Crippen molar-refractivity contribution in [1.82, 2.24) is 20.2 Å². The number of hydrogen-bond acceptors (Lipinski definition) is 2. The van der Waals surface area contributed by atoms with Gasteiger partial charge in [0.15, 0.2) is 5.96 Å². The first kappa shape index (κ1) is 19.5. The number of unbranched alkanes of at least 4 members (excludes halogenated alkanes) is 3. The molecule has 0 saturated carbocycles. The lowest BCUT2D eigenvalue weighted by molar-refractivity contribution is 0.545. The van der Waals surface area contributed by atoms with Crippen LogP contribution in [0.4, 0.5) is 0 Å². The van der Waals surface area contributed by atoms with Gasteiger partial charge in [-0.3, -0.25) is 4.99 Å². The van der Waals surface area contributed by atoms with E-state index in [0.29, 0.717) is 6.04 Å². The summed E-state index contributed by atoms with van der Waals surface area (Å²) in [4.78, 5) is 8.94. The topological polar surface area (TPSA) is 54.2 Å². The Labute approximate surface area is 142 Å². The second-order valence-corrected chi connectivity index (χ2v) is 6.18. The Kier molecular flexibility index (Phi) is 10.2. The van der Waals surface area contributed by atoms with Gasteiger partial charge in [-0.1, -0.05) is 26.2 Å². The van der Waals surface area contributed by atoms with Gasteiger partial charge in [-0.05, 0) is 40.0 Å². The number of nitrogens with zero attached hydrogens (tertiary/aromatic N) is 3. The van der Waals surface area contributed by atoms with Crippen LogP contribution in [-0.4, -0.2) is 34.6 Å². The third-order valence-corrected chi connectivity index (χ3v) is 3.97. The van der Waals surface area contributed by atoms with Crippen LogP contribution in [0.25, 0.3) is 0 Å². The zero-order valence-corrected chi connectivity index (χ0v) is 15.4. The SMILES string of the molecule is CCCCCC(C)NC(=NCCCCn1ccnc1C)NCC. The van der Waals surface area contributed by atoms with E-state index in [1.54, 1.807) is 0 Å².